The third kappa shape index (κ3) is 3.60. The van der Waals surface area contributed by atoms with E-state index in [0.717, 1.165) is 41.7 Å². The Balaban J connectivity index is 1.64. The maximum atomic E-state index is 12.6. The fraction of sp³-hybridized carbons (Fsp3) is 0.500. The summed E-state index contributed by atoms with van der Waals surface area (Å²) in [5.74, 6) is 3.52. The molecule has 25 heavy (non-hydrogen) atoms. The van der Waals surface area contributed by atoms with E-state index in [2.05, 4.69) is 21.7 Å². The van der Waals surface area contributed by atoms with Crippen LogP contribution in [0.4, 0.5) is 0 Å². The Bertz CT molecular complexity index is 757. The number of ether oxygens (including phenoxy) is 2. The monoisotopic (exact) mass is 344 g/mol. The number of nitrogens with zero attached hydrogens (tertiary/aromatic N) is 4. The smallest absolute Gasteiger partial charge is 0.223 e. The first-order chi connectivity index (χ1) is 12.2. The molecule has 1 aromatic carbocycles. The average molecular weight is 344 g/mol. The summed E-state index contributed by atoms with van der Waals surface area (Å²) in [4.78, 5) is 14.5. The number of carbonyl (C=O) groups is 1. The third-order valence-corrected chi connectivity index (χ3v) is 4.59. The van der Waals surface area contributed by atoms with E-state index in [4.69, 9.17) is 9.47 Å². The maximum absolute atomic E-state index is 12.6. The first-order valence-electron chi connectivity index (χ1n) is 8.55. The Morgan fingerprint density at radius 1 is 1.20 bits per heavy atom. The average Bonchev–Trinajstić information content (AvgIpc) is 3.08. The van der Waals surface area contributed by atoms with Gasteiger partial charge in [0.2, 0.25) is 5.91 Å². The molecule has 1 aromatic heterocycles. The predicted octanol–water partition coefficient (Wildman–Crippen LogP) is 1.83. The highest BCUT2D eigenvalue weighted by Gasteiger charge is 2.23. The highest BCUT2D eigenvalue weighted by molar-refractivity contribution is 5.76. The van der Waals surface area contributed by atoms with Gasteiger partial charge in [-0.25, -0.2) is 0 Å². The van der Waals surface area contributed by atoms with Crippen LogP contribution in [0.25, 0.3) is 0 Å². The van der Waals surface area contributed by atoms with E-state index in [1.54, 1.807) is 14.2 Å². The van der Waals surface area contributed by atoms with Crippen molar-refractivity contribution < 1.29 is 14.3 Å². The zero-order valence-corrected chi connectivity index (χ0v) is 15.0. The molecule has 2 heterocycles. The molecule has 0 radical (unpaired) electrons. The minimum atomic E-state index is 0.122. The Kier molecular flexibility index (Phi) is 5.21. The highest BCUT2D eigenvalue weighted by atomic mass is 16.5. The van der Waals surface area contributed by atoms with Crippen LogP contribution >= 0.6 is 0 Å². The Hall–Kier alpha value is -2.57. The third-order valence-electron chi connectivity index (χ3n) is 4.59. The van der Waals surface area contributed by atoms with Crippen LogP contribution < -0.4 is 9.47 Å². The Labute approximate surface area is 147 Å². The summed E-state index contributed by atoms with van der Waals surface area (Å²) in [5.41, 5.74) is 0.976. The van der Waals surface area contributed by atoms with E-state index in [-0.39, 0.29) is 5.91 Å². The summed E-state index contributed by atoms with van der Waals surface area (Å²) in [6.07, 6.45) is 1.90. The van der Waals surface area contributed by atoms with Gasteiger partial charge >= 0.3 is 0 Å². The van der Waals surface area contributed by atoms with Crippen LogP contribution in [0.15, 0.2) is 18.2 Å². The first kappa shape index (κ1) is 17.3. The van der Waals surface area contributed by atoms with Gasteiger partial charge in [0.25, 0.3) is 0 Å². The van der Waals surface area contributed by atoms with Crippen molar-refractivity contribution in [2.45, 2.75) is 39.3 Å². The number of fused-ring (bicyclic) bond motifs is 1. The van der Waals surface area contributed by atoms with Gasteiger partial charge in [-0.3, -0.25) is 4.79 Å². The normalized spacial score (nSPS) is 13.5. The fourth-order valence-electron chi connectivity index (χ4n) is 3.17. The second kappa shape index (κ2) is 7.55. The van der Waals surface area contributed by atoms with E-state index in [0.29, 0.717) is 25.9 Å². The van der Waals surface area contributed by atoms with Crippen molar-refractivity contribution in [1.29, 1.82) is 0 Å². The molecule has 0 saturated heterocycles. The molecule has 0 spiro atoms. The van der Waals surface area contributed by atoms with Gasteiger partial charge in [0.15, 0.2) is 5.82 Å². The van der Waals surface area contributed by atoms with E-state index in [1.807, 2.05) is 23.1 Å². The molecule has 0 saturated carbocycles. The van der Waals surface area contributed by atoms with Crippen molar-refractivity contribution in [2.24, 2.45) is 0 Å². The Morgan fingerprint density at radius 2 is 2.04 bits per heavy atom. The number of rotatable bonds is 6. The lowest BCUT2D eigenvalue weighted by atomic mass is 10.1. The molecule has 7 heteroatoms. The minimum absolute atomic E-state index is 0.122. The molecule has 1 aliphatic heterocycles. The van der Waals surface area contributed by atoms with Crippen LogP contribution in [0.1, 0.15) is 30.6 Å². The van der Waals surface area contributed by atoms with Crippen molar-refractivity contribution in [3.05, 3.63) is 35.4 Å². The first-order valence-corrected chi connectivity index (χ1v) is 8.55. The highest BCUT2D eigenvalue weighted by Crippen LogP contribution is 2.25. The van der Waals surface area contributed by atoms with Crippen LogP contribution in [0, 0.1) is 0 Å². The number of methoxy groups -OCH3 is 2. The van der Waals surface area contributed by atoms with Crippen LogP contribution in [0.2, 0.25) is 0 Å². The standard InChI is InChI=1S/C18H24N4O3/c1-4-16-19-20-17-12-21(9-10-22(16)17)18(23)8-5-13-11-14(24-2)6-7-15(13)25-3/h6-7,11H,4-5,8-10,12H2,1-3H3. The Morgan fingerprint density at radius 3 is 2.76 bits per heavy atom. The lowest BCUT2D eigenvalue weighted by Crippen LogP contribution is -2.38. The zero-order chi connectivity index (χ0) is 17.8. The largest absolute Gasteiger partial charge is 0.497 e. The molecule has 0 unspecified atom stereocenters. The number of aromatic nitrogens is 3. The van der Waals surface area contributed by atoms with Crippen LogP contribution in [-0.4, -0.2) is 46.3 Å². The van der Waals surface area contributed by atoms with Gasteiger partial charge in [-0.1, -0.05) is 6.92 Å². The fourth-order valence-corrected chi connectivity index (χ4v) is 3.17. The SMILES string of the molecule is CCc1nnc2n1CCN(C(=O)CCc1cc(OC)ccc1OC)C2. The van der Waals surface area contributed by atoms with Gasteiger partial charge in [-0.2, -0.15) is 0 Å². The van der Waals surface area contributed by atoms with Crippen LogP contribution in [0.3, 0.4) is 0 Å². The van der Waals surface area contributed by atoms with Gasteiger partial charge in [0.1, 0.15) is 17.3 Å². The van der Waals surface area contributed by atoms with E-state index < -0.39 is 0 Å². The van der Waals surface area contributed by atoms with Crippen molar-refractivity contribution in [2.75, 3.05) is 20.8 Å². The minimum Gasteiger partial charge on any atom is -0.497 e. The molecule has 0 fully saturated rings. The lowest BCUT2D eigenvalue weighted by molar-refractivity contribution is -0.132. The van der Waals surface area contributed by atoms with Gasteiger partial charge < -0.3 is 18.9 Å². The predicted molar refractivity (Wildman–Crippen MR) is 92.7 cm³/mol. The maximum Gasteiger partial charge on any atom is 0.223 e. The van der Waals surface area contributed by atoms with E-state index in [1.165, 1.54) is 0 Å². The van der Waals surface area contributed by atoms with Gasteiger partial charge in [0, 0.05) is 25.9 Å². The molecule has 0 atom stereocenters. The number of hydrogen-bond acceptors (Lipinski definition) is 5. The molecular weight excluding hydrogens is 320 g/mol. The lowest BCUT2D eigenvalue weighted by Gasteiger charge is -2.28. The van der Waals surface area contributed by atoms with Crippen molar-refractivity contribution >= 4 is 5.91 Å². The number of aryl methyl sites for hydroxylation is 2. The van der Waals surface area contributed by atoms with Crippen molar-refractivity contribution in [1.82, 2.24) is 19.7 Å². The van der Waals surface area contributed by atoms with Gasteiger partial charge in [-0.15, -0.1) is 10.2 Å². The van der Waals surface area contributed by atoms with Crippen LogP contribution in [0.5, 0.6) is 11.5 Å². The molecular formula is C18H24N4O3. The summed E-state index contributed by atoms with van der Waals surface area (Å²) >= 11 is 0. The molecule has 0 N–H and O–H groups in total. The molecule has 3 rings (SSSR count). The van der Waals surface area contributed by atoms with Crippen molar-refractivity contribution in [3.63, 3.8) is 0 Å². The molecule has 2 aromatic rings. The number of amides is 1. The zero-order valence-electron chi connectivity index (χ0n) is 15.0. The number of hydrogen-bond donors (Lipinski definition) is 0. The van der Waals surface area contributed by atoms with Crippen LogP contribution in [-0.2, 0) is 30.7 Å². The summed E-state index contributed by atoms with van der Waals surface area (Å²) in [7, 11) is 3.26. The molecule has 0 aliphatic carbocycles. The summed E-state index contributed by atoms with van der Waals surface area (Å²) < 4.78 is 12.8. The molecule has 0 bridgehead atoms. The summed E-state index contributed by atoms with van der Waals surface area (Å²) in [5, 5.41) is 8.40. The molecule has 7 nitrogen and oxygen atoms in total. The van der Waals surface area contributed by atoms with E-state index >= 15 is 0 Å². The summed E-state index contributed by atoms with van der Waals surface area (Å²) in [6.45, 7) is 4.06. The summed E-state index contributed by atoms with van der Waals surface area (Å²) in [6, 6.07) is 5.65. The second-order valence-electron chi connectivity index (χ2n) is 6.03. The molecule has 1 amide bonds. The van der Waals surface area contributed by atoms with Gasteiger partial charge in [-0.05, 0) is 30.2 Å². The quantitative estimate of drug-likeness (QED) is 0.800. The second-order valence-corrected chi connectivity index (χ2v) is 6.03. The number of benzene rings is 1. The van der Waals surface area contributed by atoms with Crippen molar-refractivity contribution in [3.8, 4) is 11.5 Å². The number of carbonyl (C=O) groups excluding carboxylic acids is 1. The van der Waals surface area contributed by atoms with E-state index in [9.17, 15) is 4.79 Å². The molecule has 134 valence electrons. The topological polar surface area (TPSA) is 69.5 Å². The van der Waals surface area contributed by atoms with Gasteiger partial charge in [0.05, 0.1) is 20.8 Å². The molecule has 1 aliphatic rings.